The van der Waals surface area contributed by atoms with Gasteiger partial charge in [-0.25, -0.2) is 4.98 Å². The predicted octanol–water partition coefficient (Wildman–Crippen LogP) is 3.24. The number of hydrogen-bond donors (Lipinski definition) is 1. The summed E-state index contributed by atoms with van der Waals surface area (Å²) in [6.07, 6.45) is -3.53. The Morgan fingerprint density at radius 3 is 2.26 bits per heavy atom. The lowest BCUT2D eigenvalue weighted by Crippen LogP contribution is -2.48. The first kappa shape index (κ1) is 27.8. The highest BCUT2D eigenvalue weighted by atomic mass is 19.4. The van der Waals surface area contributed by atoms with Crippen LogP contribution in [-0.2, 0) is 17.9 Å². The molecule has 3 aromatic rings. The van der Waals surface area contributed by atoms with Crippen LogP contribution in [0.15, 0.2) is 59.2 Å². The van der Waals surface area contributed by atoms with Crippen molar-refractivity contribution in [1.29, 1.82) is 0 Å². The van der Waals surface area contributed by atoms with Gasteiger partial charge in [-0.15, -0.1) is 13.2 Å². The van der Waals surface area contributed by atoms with E-state index in [9.17, 15) is 22.8 Å². The van der Waals surface area contributed by atoms with Gasteiger partial charge >= 0.3 is 6.36 Å². The van der Waals surface area contributed by atoms with Crippen LogP contribution in [0.25, 0.3) is 0 Å². The Balaban J connectivity index is 1.17. The minimum Gasteiger partial charge on any atom is -0.497 e. The average Bonchev–Trinajstić information content (AvgIpc) is 3.40. The second-order valence-corrected chi connectivity index (χ2v) is 8.63. The van der Waals surface area contributed by atoms with Gasteiger partial charge in [0.1, 0.15) is 23.5 Å². The van der Waals surface area contributed by atoms with E-state index in [1.165, 1.54) is 18.4 Å². The van der Waals surface area contributed by atoms with Gasteiger partial charge in [-0.2, -0.15) is 0 Å². The summed E-state index contributed by atoms with van der Waals surface area (Å²) in [6, 6.07) is 12.5. The molecule has 1 aliphatic heterocycles. The molecule has 0 unspecified atom stereocenters. The molecular formula is C26H27F3N4O6. The summed E-state index contributed by atoms with van der Waals surface area (Å²) in [4.78, 5) is 33.1. The first-order valence-electron chi connectivity index (χ1n) is 12.0. The van der Waals surface area contributed by atoms with Crippen molar-refractivity contribution < 1.29 is 41.4 Å². The highest BCUT2D eigenvalue weighted by Gasteiger charge is 2.31. The Labute approximate surface area is 222 Å². The Hall–Kier alpha value is -4.26. The number of carbonyl (C=O) groups is 2. The molecule has 1 saturated heterocycles. The maximum absolute atomic E-state index is 12.8. The second-order valence-electron chi connectivity index (χ2n) is 8.63. The number of oxazole rings is 1. The Bertz CT molecular complexity index is 1240. The quantitative estimate of drug-likeness (QED) is 0.412. The normalized spacial score (nSPS) is 14.1. The number of piperazine rings is 1. The van der Waals surface area contributed by atoms with Crippen LogP contribution in [0.3, 0.4) is 0 Å². The van der Waals surface area contributed by atoms with Crippen LogP contribution in [0.1, 0.15) is 21.9 Å². The topological polar surface area (TPSA) is 106 Å². The maximum atomic E-state index is 12.8. The number of halogens is 3. The van der Waals surface area contributed by atoms with Crippen LogP contribution < -0.4 is 19.5 Å². The van der Waals surface area contributed by atoms with Crippen LogP contribution in [0.5, 0.6) is 17.2 Å². The number of amides is 2. The summed E-state index contributed by atoms with van der Waals surface area (Å²) >= 11 is 0. The van der Waals surface area contributed by atoms with E-state index in [1.807, 2.05) is 24.3 Å². The molecule has 2 heterocycles. The molecule has 0 bridgehead atoms. The molecule has 10 nitrogen and oxygen atoms in total. The zero-order valence-corrected chi connectivity index (χ0v) is 21.1. The van der Waals surface area contributed by atoms with Crippen LogP contribution in [-0.4, -0.2) is 72.9 Å². The molecule has 1 fully saturated rings. The van der Waals surface area contributed by atoms with Crippen molar-refractivity contribution in [2.75, 3.05) is 39.9 Å². The lowest BCUT2D eigenvalue weighted by Gasteiger charge is -2.34. The van der Waals surface area contributed by atoms with Gasteiger partial charge in [0, 0.05) is 32.7 Å². The smallest absolute Gasteiger partial charge is 0.497 e. The Kier molecular flexibility index (Phi) is 8.92. The summed E-state index contributed by atoms with van der Waals surface area (Å²) in [6.45, 7) is 2.87. The first-order chi connectivity index (χ1) is 18.7. The number of methoxy groups -OCH3 is 1. The number of ether oxygens (including phenoxy) is 3. The van der Waals surface area contributed by atoms with Crippen LogP contribution in [0.2, 0.25) is 0 Å². The molecule has 2 aromatic carbocycles. The molecule has 1 aliphatic rings. The lowest BCUT2D eigenvalue weighted by molar-refractivity contribution is -0.274. The van der Waals surface area contributed by atoms with Crippen molar-refractivity contribution in [2.45, 2.75) is 19.5 Å². The van der Waals surface area contributed by atoms with Crippen molar-refractivity contribution in [2.24, 2.45) is 0 Å². The number of nitrogens with zero attached hydrogens (tertiary/aromatic N) is 3. The van der Waals surface area contributed by atoms with Crippen molar-refractivity contribution in [3.05, 3.63) is 71.9 Å². The fourth-order valence-electron chi connectivity index (χ4n) is 3.86. The van der Waals surface area contributed by atoms with E-state index in [1.54, 1.807) is 12.0 Å². The summed E-state index contributed by atoms with van der Waals surface area (Å²) in [7, 11) is 1.63. The molecule has 1 N–H and O–H groups in total. The van der Waals surface area contributed by atoms with Gasteiger partial charge in [-0.3, -0.25) is 14.5 Å². The highest BCUT2D eigenvalue weighted by molar-refractivity contribution is 5.92. The minimum absolute atomic E-state index is 0.0660. The van der Waals surface area contributed by atoms with E-state index in [2.05, 4.69) is 19.9 Å². The van der Waals surface area contributed by atoms with Gasteiger partial charge in [0.05, 0.1) is 13.7 Å². The number of alkyl halides is 3. The molecule has 0 saturated carbocycles. The zero-order valence-electron chi connectivity index (χ0n) is 21.1. The van der Waals surface area contributed by atoms with Gasteiger partial charge in [0.15, 0.2) is 12.3 Å². The molecule has 1 aromatic heterocycles. The first-order valence-corrected chi connectivity index (χ1v) is 12.0. The monoisotopic (exact) mass is 548 g/mol. The molecule has 0 aliphatic carbocycles. The van der Waals surface area contributed by atoms with E-state index >= 15 is 0 Å². The number of aromatic nitrogens is 1. The summed E-state index contributed by atoms with van der Waals surface area (Å²) < 4.78 is 56.2. The molecule has 0 radical (unpaired) electrons. The molecule has 0 atom stereocenters. The Morgan fingerprint density at radius 2 is 1.62 bits per heavy atom. The molecule has 208 valence electrons. The number of carbonyl (C=O) groups excluding carboxylic acids is 2. The van der Waals surface area contributed by atoms with E-state index < -0.39 is 18.0 Å². The SMILES string of the molecule is COc1ccc(CN2CCN(C(=O)c3coc(CNC(=O)COc4ccc(OC(F)(F)F)cc4)n3)CC2)cc1. The second kappa shape index (κ2) is 12.5. The Morgan fingerprint density at radius 1 is 0.974 bits per heavy atom. The summed E-state index contributed by atoms with van der Waals surface area (Å²) in [5.41, 5.74) is 1.32. The molecular weight excluding hydrogens is 521 g/mol. The van der Waals surface area contributed by atoms with Gasteiger partial charge < -0.3 is 28.8 Å². The lowest BCUT2D eigenvalue weighted by atomic mass is 10.2. The fourth-order valence-corrected chi connectivity index (χ4v) is 3.86. The van der Waals surface area contributed by atoms with E-state index in [0.29, 0.717) is 13.1 Å². The third-order valence-electron chi connectivity index (χ3n) is 5.86. The van der Waals surface area contributed by atoms with E-state index in [-0.39, 0.29) is 36.4 Å². The van der Waals surface area contributed by atoms with Gasteiger partial charge in [0.25, 0.3) is 11.8 Å². The number of hydrogen-bond acceptors (Lipinski definition) is 8. The largest absolute Gasteiger partial charge is 0.573 e. The number of benzene rings is 2. The predicted molar refractivity (Wildman–Crippen MR) is 131 cm³/mol. The van der Waals surface area contributed by atoms with E-state index in [4.69, 9.17) is 13.9 Å². The van der Waals surface area contributed by atoms with Crippen LogP contribution in [0.4, 0.5) is 13.2 Å². The molecule has 0 spiro atoms. The van der Waals surface area contributed by atoms with Crippen LogP contribution >= 0.6 is 0 Å². The summed E-state index contributed by atoms with van der Waals surface area (Å²) in [5.74, 6) is -0.0113. The molecule has 39 heavy (non-hydrogen) atoms. The standard InChI is InChI=1S/C26H27F3N4O6/c1-36-19-4-2-18(3-5-19)15-32-10-12-33(13-11-32)25(35)22-16-38-24(31-22)14-30-23(34)17-37-20-6-8-21(9-7-20)39-26(27,28)29/h2-9,16H,10-15,17H2,1H3,(H,30,34). The van der Waals surface area contributed by atoms with Crippen LogP contribution in [0, 0.1) is 0 Å². The van der Waals surface area contributed by atoms with Crippen molar-refractivity contribution in [3.63, 3.8) is 0 Å². The molecule has 2 amide bonds. The summed E-state index contributed by atoms with van der Waals surface area (Å²) in [5, 5.41) is 2.55. The molecule has 13 heteroatoms. The van der Waals surface area contributed by atoms with Crippen molar-refractivity contribution >= 4 is 11.8 Å². The average molecular weight is 549 g/mol. The van der Waals surface area contributed by atoms with Gasteiger partial charge in [0.2, 0.25) is 5.89 Å². The molecule has 4 rings (SSSR count). The zero-order chi connectivity index (χ0) is 27.8. The fraction of sp³-hybridized carbons (Fsp3) is 0.346. The third kappa shape index (κ3) is 8.37. The minimum atomic E-state index is -4.79. The number of rotatable bonds is 10. The van der Waals surface area contributed by atoms with Crippen molar-refractivity contribution in [3.8, 4) is 17.2 Å². The highest BCUT2D eigenvalue weighted by Crippen LogP contribution is 2.24. The van der Waals surface area contributed by atoms with Crippen molar-refractivity contribution in [1.82, 2.24) is 20.1 Å². The number of nitrogens with one attached hydrogen (secondary N) is 1. The third-order valence-corrected chi connectivity index (χ3v) is 5.86. The van der Waals surface area contributed by atoms with E-state index in [0.717, 1.165) is 43.1 Å². The van der Waals surface area contributed by atoms with Gasteiger partial charge in [-0.1, -0.05) is 12.1 Å². The van der Waals surface area contributed by atoms with Gasteiger partial charge in [-0.05, 0) is 42.0 Å². The maximum Gasteiger partial charge on any atom is 0.573 e.